The van der Waals surface area contributed by atoms with E-state index in [1.165, 1.54) is 0 Å². The molecule has 1 atom stereocenters. The van der Waals surface area contributed by atoms with Crippen LogP contribution in [0.2, 0.25) is 5.02 Å². The molecule has 1 aliphatic carbocycles. The molecule has 1 aromatic carbocycles. The third kappa shape index (κ3) is 3.41. The van der Waals surface area contributed by atoms with Crippen LogP contribution in [0.25, 0.3) is 0 Å². The Balaban J connectivity index is 1.70. The Morgan fingerprint density at radius 3 is 2.67 bits per heavy atom. The first-order valence-corrected chi connectivity index (χ1v) is 8.56. The highest BCUT2D eigenvalue weighted by atomic mass is 35.5. The lowest BCUT2D eigenvalue weighted by Gasteiger charge is -2.28. The predicted octanol–water partition coefficient (Wildman–Crippen LogP) is 2.03. The lowest BCUT2D eigenvalue weighted by molar-refractivity contribution is -0.140. The summed E-state index contributed by atoms with van der Waals surface area (Å²) >= 11 is 11.0. The smallest absolute Gasteiger partial charge is 0.338 e. The molecule has 0 saturated heterocycles. The number of allylic oxidation sites excluding steroid dienone is 1. The van der Waals surface area contributed by atoms with Crippen LogP contribution in [0.4, 0.5) is 0 Å². The molecular formula is C17H19ClN2O3S. The minimum atomic E-state index is -0.545. The lowest BCUT2D eigenvalue weighted by atomic mass is 9.97. The zero-order valence-electron chi connectivity index (χ0n) is 13.3. The fourth-order valence-electron chi connectivity index (χ4n) is 2.95. The number of ether oxygens (including phenoxy) is 1. The molecule has 0 spiro atoms. The highest BCUT2D eigenvalue weighted by Gasteiger charge is 2.46. The second kappa shape index (κ2) is 6.70. The summed E-state index contributed by atoms with van der Waals surface area (Å²) in [5.41, 5.74) is 2.01. The van der Waals surface area contributed by atoms with Crippen LogP contribution in [0.3, 0.4) is 0 Å². The molecule has 1 saturated carbocycles. The van der Waals surface area contributed by atoms with Gasteiger partial charge in [-0.15, -0.1) is 0 Å². The van der Waals surface area contributed by atoms with Crippen LogP contribution in [-0.4, -0.2) is 35.4 Å². The molecule has 5 nitrogen and oxygen atoms in total. The molecule has 2 aliphatic rings. The van der Waals surface area contributed by atoms with Gasteiger partial charge in [0.2, 0.25) is 0 Å². The number of rotatable bonds is 5. The summed E-state index contributed by atoms with van der Waals surface area (Å²) < 4.78 is 5.57. The zero-order valence-corrected chi connectivity index (χ0v) is 14.8. The Hall–Kier alpha value is -1.63. The van der Waals surface area contributed by atoms with Crippen LogP contribution in [0.15, 0.2) is 35.5 Å². The predicted molar refractivity (Wildman–Crippen MR) is 95.8 cm³/mol. The molecule has 128 valence electrons. The van der Waals surface area contributed by atoms with E-state index < -0.39 is 12.0 Å². The van der Waals surface area contributed by atoms with Crippen molar-refractivity contribution in [2.75, 3.05) is 13.2 Å². The number of benzene rings is 1. The fraction of sp³-hybridized carbons (Fsp3) is 0.412. The Labute approximate surface area is 151 Å². The molecule has 24 heavy (non-hydrogen) atoms. The number of nitrogens with one attached hydrogen (secondary N) is 2. The van der Waals surface area contributed by atoms with Crippen molar-refractivity contribution < 1.29 is 14.6 Å². The van der Waals surface area contributed by atoms with Crippen molar-refractivity contribution in [1.29, 1.82) is 0 Å². The Morgan fingerprint density at radius 1 is 1.42 bits per heavy atom. The lowest BCUT2D eigenvalue weighted by Crippen LogP contribution is -2.51. The van der Waals surface area contributed by atoms with Gasteiger partial charge in [0.05, 0.1) is 18.2 Å². The van der Waals surface area contributed by atoms with Gasteiger partial charge < -0.3 is 20.5 Å². The number of aliphatic hydroxyl groups is 1. The summed E-state index contributed by atoms with van der Waals surface area (Å²) in [7, 11) is 0. The van der Waals surface area contributed by atoms with Gasteiger partial charge in [-0.25, -0.2) is 4.79 Å². The maximum absolute atomic E-state index is 12.5. The number of carbonyl (C=O) groups excluding carboxylic acids is 1. The molecule has 3 N–H and O–H groups in total. The summed E-state index contributed by atoms with van der Waals surface area (Å²) in [4.78, 5) is 12.5. The van der Waals surface area contributed by atoms with Gasteiger partial charge in [0.1, 0.15) is 6.61 Å². The van der Waals surface area contributed by atoms with Crippen molar-refractivity contribution in [1.82, 2.24) is 10.6 Å². The van der Waals surface area contributed by atoms with Gasteiger partial charge in [0.25, 0.3) is 0 Å². The van der Waals surface area contributed by atoms with Crippen LogP contribution < -0.4 is 10.6 Å². The van der Waals surface area contributed by atoms with E-state index in [1.54, 1.807) is 6.92 Å². The third-order valence-electron chi connectivity index (χ3n) is 4.55. The quantitative estimate of drug-likeness (QED) is 0.547. The average molecular weight is 367 g/mol. The molecule has 7 heteroatoms. The molecule has 0 radical (unpaired) electrons. The summed E-state index contributed by atoms with van der Waals surface area (Å²) in [6.07, 6.45) is 1.95. The summed E-state index contributed by atoms with van der Waals surface area (Å²) in [6, 6.07) is 7.11. The van der Waals surface area contributed by atoms with E-state index >= 15 is 0 Å². The average Bonchev–Trinajstić information content (AvgIpc) is 3.33. The van der Waals surface area contributed by atoms with Gasteiger partial charge >= 0.3 is 5.97 Å². The van der Waals surface area contributed by atoms with Gasteiger partial charge in [-0.3, -0.25) is 0 Å². The molecule has 1 aromatic rings. The summed E-state index contributed by atoms with van der Waals surface area (Å²) in [5.74, 6) is -0.436. The maximum atomic E-state index is 12.5. The van der Waals surface area contributed by atoms with E-state index in [4.69, 9.17) is 28.6 Å². The van der Waals surface area contributed by atoms with Crippen LogP contribution in [0, 0.1) is 0 Å². The maximum Gasteiger partial charge on any atom is 0.338 e. The monoisotopic (exact) mass is 366 g/mol. The number of halogens is 1. The van der Waals surface area contributed by atoms with E-state index in [2.05, 4.69) is 10.6 Å². The van der Waals surface area contributed by atoms with Crippen molar-refractivity contribution in [3.63, 3.8) is 0 Å². The Kier molecular flexibility index (Phi) is 4.80. The fourth-order valence-corrected chi connectivity index (χ4v) is 3.37. The van der Waals surface area contributed by atoms with Crippen LogP contribution in [0.1, 0.15) is 25.3 Å². The highest BCUT2D eigenvalue weighted by molar-refractivity contribution is 7.80. The minimum absolute atomic E-state index is 0.117. The molecule has 0 aromatic heterocycles. The second-order valence-electron chi connectivity index (χ2n) is 6.24. The molecule has 1 heterocycles. The van der Waals surface area contributed by atoms with E-state index in [0.717, 1.165) is 18.4 Å². The number of carbonyl (C=O) groups is 1. The second-order valence-corrected chi connectivity index (χ2v) is 7.08. The molecular weight excluding hydrogens is 348 g/mol. The molecule has 1 aliphatic heterocycles. The number of hydrogen-bond acceptors (Lipinski definition) is 4. The Bertz CT molecular complexity index is 698. The summed E-state index contributed by atoms with van der Waals surface area (Å²) in [6.45, 7) is 1.83. The van der Waals surface area contributed by atoms with E-state index in [-0.39, 0.29) is 12.0 Å². The van der Waals surface area contributed by atoms with Crippen LogP contribution >= 0.6 is 23.8 Å². The first kappa shape index (κ1) is 17.2. The Morgan fingerprint density at radius 2 is 2.08 bits per heavy atom. The van der Waals surface area contributed by atoms with Gasteiger partial charge in [-0.1, -0.05) is 23.7 Å². The molecule has 1 unspecified atom stereocenters. The number of aliphatic hydroxyl groups excluding tert-OH is 1. The molecule has 0 bridgehead atoms. The zero-order chi connectivity index (χ0) is 17.3. The van der Waals surface area contributed by atoms with Crippen molar-refractivity contribution in [3.05, 3.63) is 46.1 Å². The SMILES string of the molecule is CC1=C(C(=O)OCC2(c3ccc(Cl)cc3)CC2)C(CO)NC(=S)N1. The van der Waals surface area contributed by atoms with Crippen molar-refractivity contribution >= 4 is 34.9 Å². The minimum Gasteiger partial charge on any atom is -0.461 e. The molecule has 3 rings (SSSR count). The third-order valence-corrected chi connectivity index (χ3v) is 5.02. The first-order valence-electron chi connectivity index (χ1n) is 7.77. The van der Waals surface area contributed by atoms with Gasteiger partial charge in [-0.2, -0.15) is 0 Å². The van der Waals surface area contributed by atoms with Crippen molar-refractivity contribution in [3.8, 4) is 0 Å². The van der Waals surface area contributed by atoms with Crippen LogP contribution in [-0.2, 0) is 14.9 Å². The standard InChI is InChI=1S/C17H19ClN2O3S/c1-10-14(13(8-21)20-16(24)19-10)15(22)23-9-17(6-7-17)11-2-4-12(18)5-3-11/h2-5,13,21H,6-9H2,1H3,(H2,19,20,24). The molecule has 1 fully saturated rings. The van der Waals surface area contributed by atoms with Crippen LogP contribution in [0.5, 0.6) is 0 Å². The van der Waals surface area contributed by atoms with Gasteiger partial charge in [0.15, 0.2) is 5.11 Å². The van der Waals surface area contributed by atoms with E-state index in [9.17, 15) is 9.90 Å². The van der Waals surface area contributed by atoms with Crippen molar-refractivity contribution in [2.24, 2.45) is 0 Å². The first-order chi connectivity index (χ1) is 11.4. The summed E-state index contributed by atoms with van der Waals surface area (Å²) in [5, 5.41) is 16.3. The van der Waals surface area contributed by atoms with Crippen molar-refractivity contribution in [2.45, 2.75) is 31.2 Å². The molecule has 0 amide bonds. The van der Waals surface area contributed by atoms with Gasteiger partial charge in [-0.05, 0) is 49.7 Å². The number of thiocarbonyl (C=S) groups is 1. The largest absolute Gasteiger partial charge is 0.461 e. The van der Waals surface area contributed by atoms with Gasteiger partial charge in [0, 0.05) is 16.1 Å². The van der Waals surface area contributed by atoms with E-state index in [1.807, 2.05) is 24.3 Å². The normalized spacial score (nSPS) is 21.8. The highest BCUT2D eigenvalue weighted by Crippen LogP contribution is 2.48. The topological polar surface area (TPSA) is 70.6 Å². The number of hydrogen-bond donors (Lipinski definition) is 3. The number of esters is 1. The van der Waals surface area contributed by atoms with E-state index in [0.29, 0.717) is 28.0 Å².